The third kappa shape index (κ3) is 2.94. The van der Waals surface area contributed by atoms with E-state index in [-0.39, 0.29) is 11.8 Å². The first-order valence-electron chi connectivity index (χ1n) is 11.5. The molecule has 9 nitrogen and oxygen atoms in total. The highest BCUT2D eigenvalue weighted by molar-refractivity contribution is 6.21. The van der Waals surface area contributed by atoms with Crippen molar-refractivity contribution < 1.29 is 9.59 Å². The van der Waals surface area contributed by atoms with E-state index in [1.165, 1.54) is 4.90 Å². The third-order valence-corrected chi connectivity index (χ3v) is 6.80. The van der Waals surface area contributed by atoms with Crippen LogP contribution in [0, 0.1) is 20.8 Å². The number of benzene rings is 1. The molecular formula is C26H23N7O2. The SMILES string of the molecule is CCC(c1nc2c3c(C)c(C)n(-c4cc(C)ccn4)c3ncn2n1)N1C(=O)c2ccccc2C1=O. The molecule has 9 heteroatoms. The van der Waals surface area contributed by atoms with Crippen LogP contribution in [-0.2, 0) is 0 Å². The molecule has 1 atom stereocenters. The summed E-state index contributed by atoms with van der Waals surface area (Å²) in [6, 6.07) is 10.3. The number of nitrogens with zero attached hydrogens (tertiary/aromatic N) is 7. The molecule has 1 unspecified atom stereocenters. The fourth-order valence-corrected chi connectivity index (χ4v) is 4.91. The Morgan fingerprint density at radius 2 is 1.66 bits per heavy atom. The van der Waals surface area contributed by atoms with Crippen molar-refractivity contribution in [1.29, 1.82) is 0 Å². The van der Waals surface area contributed by atoms with Crippen LogP contribution in [0.3, 0.4) is 0 Å². The molecule has 5 aromatic rings. The normalized spacial score (nSPS) is 14.3. The number of aryl methyl sites for hydroxylation is 2. The molecule has 0 aliphatic carbocycles. The molecule has 4 aromatic heterocycles. The zero-order chi connectivity index (χ0) is 24.4. The van der Waals surface area contributed by atoms with Gasteiger partial charge in [-0.2, -0.15) is 0 Å². The van der Waals surface area contributed by atoms with Crippen molar-refractivity contribution in [3.05, 3.63) is 82.7 Å². The summed E-state index contributed by atoms with van der Waals surface area (Å²) in [5, 5.41) is 5.51. The standard InChI is InChI=1S/C26H23N7O2/c1-5-19(33-25(34)17-8-6-7-9-18(17)26(33)35)22-29-24-21-15(3)16(4)32(20-12-14(2)10-11-27-20)23(21)28-13-31(24)30-22/h6-13,19H,5H2,1-4H3. The number of carbonyl (C=O) groups excluding carboxylic acids is 2. The van der Waals surface area contributed by atoms with Crippen LogP contribution >= 0.6 is 0 Å². The molecule has 2 amide bonds. The monoisotopic (exact) mass is 465 g/mol. The zero-order valence-corrected chi connectivity index (χ0v) is 19.9. The summed E-state index contributed by atoms with van der Waals surface area (Å²) in [6.07, 6.45) is 3.90. The van der Waals surface area contributed by atoms with E-state index in [0.29, 0.717) is 29.0 Å². The van der Waals surface area contributed by atoms with Crippen molar-refractivity contribution >= 4 is 28.5 Å². The molecule has 0 N–H and O–H groups in total. The Hall–Kier alpha value is -4.40. The van der Waals surface area contributed by atoms with Crippen LogP contribution in [0.2, 0.25) is 0 Å². The number of rotatable bonds is 4. The van der Waals surface area contributed by atoms with Crippen LogP contribution in [0.5, 0.6) is 0 Å². The molecule has 0 radical (unpaired) electrons. The fourth-order valence-electron chi connectivity index (χ4n) is 4.91. The molecule has 0 saturated carbocycles. The predicted octanol–water partition coefficient (Wildman–Crippen LogP) is 4.14. The molecule has 0 saturated heterocycles. The molecule has 5 heterocycles. The second-order valence-corrected chi connectivity index (χ2v) is 8.87. The van der Waals surface area contributed by atoms with Crippen molar-refractivity contribution in [2.75, 3.05) is 0 Å². The Morgan fingerprint density at radius 3 is 2.31 bits per heavy atom. The van der Waals surface area contributed by atoms with E-state index in [1.807, 2.05) is 44.4 Å². The quantitative estimate of drug-likeness (QED) is 0.370. The molecule has 6 rings (SSSR count). The van der Waals surface area contributed by atoms with Crippen molar-refractivity contribution in [1.82, 2.24) is 34.0 Å². The van der Waals surface area contributed by atoms with Gasteiger partial charge in [0.1, 0.15) is 18.2 Å². The van der Waals surface area contributed by atoms with Gasteiger partial charge in [-0.1, -0.05) is 19.1 Å². The van der Waals surface area contributed by atoms with Gasteiger partial charge in [0.25, 0.3) is 11.8 Å². The first-order valence-corrected chi connectivity index (χ1v) is 11.5. The summed E-state index contributed by atoms with van der Waals surface area (Å²) < 4.78 is 3.65. The second kappa shape index (κ2) is 7.56. The smallest absolute Gasteiger partial charge is 0.262 e. The van der Waals surface area contributed by atoms with Gasteiger partial charge < -0.3 is 0 Å². The van der Waals surface area contributed by atoms with Gasteiger partial charge in [0, 0.05) is 11.9 Å². The average molecular weight is 466 g/mol. The fraction of sp³-hybridized carbons (Fsp3) is 0.231. The maximum absolute atomic E-state index is 13.1. The minimum Gasteiger partial charge on any atom is -0.282 e. The molecule has 35 heavy (non-hydrogen) atoms. The number of hydrogen-bond acceptors (Lipinski definition) is 6. The first kappa shape index (κ1) is 21.2. The minimum atomic E-state index is -0.584. The largest absolute Gasteiger partial charge is 0.282 e. The Balaban J connectivity index is 1.51. The number of aromatic nitrogens is 6. The number of imide groups is 1. The van der Waals surface area contributed by atoms with Crippen LogP contribution < -0.4 is 0 Å². The van der Waals surface area contributed by atoms with Gasteiger partial charge in [0.2, 0.25) is 0 Å². The lowest BCUT2D eigenvalue weighted by Gasteiger charge is -2.22. The van der Waals surface area contributed by atoms with Gasteiger partial charge in [-0.15, -0.1) is 5.10 Å². The maximum atomic E-state index is 13.1. The van der Waals surface area contributed by atoms with E-state index in [2.05, 4.69) is 10.1 Å². The van der Waals surface area contributed by atoms with Gasteiger partial charge in [-0.3, -0.25) is 19.1 Å². The summed E-state index contributed by atoms with van der Waals surface area (Å²) in [5.74, 6) is 0.566. The van der Waals surface area contributed by atoms with Gasteiger partial charge in [0.05, 0.1) is 16.5 Å². The van der Waals surface area contributed by atoms with Gasteiger partial charge in [-0.05, 0) is 62.6 Å². The molecule has 1 aliphatic rings. The van der Waals surface area contributed by atoms with Crippen LogP contribution in [0.4, 0.5) is 0 Å². The molecular weight excluding hydrogens is 442 g/mol. The van der Waals surface area contributed by atoms with Gasteiger partial charge >= 0.3 is 0 Å². The van der Waals surface area contributed by atoms with E-state index >= 15 is 0 Å². The van der Waals surface area contributed by atoms with Crippen LogP contribution in [-0.4, -0.2) is 45.8 Å². The Bertz CT molecular complexity index is 1650. The van der Waals surface area contributed by atoms with E-state index in [4.69, 9.17) is 9.97 Å². The van der Waals surface area contributed by atoms with E-state index in [9.17, 15) is 9.59 Å². The Kier molecular flexibility index (Phi) is 4.57. The summed E-state index contributed by atoms with van der Waals surface area (Å²) >= 11 is 0. The molecule has 174 valence electrons. The Morgan fingerprint density at radius 1 is 0.943 bits per heavy atom. The lowest BCUT2D eigenvalue weighted by molar-refractivity contribution is 0.0570. The molecule has 0 fully saturated rings. The van der Waals surface area contributed by atoms with Crippen LogP contribution in [0.25, 0.3) is 22.5 Å². The Labute approximate surface area is 201 Å². The van der Waals surface area contributed by atoms with Crippen molar-refractivity contribution in [3.8, 4) is 5.82 Å². The van der Waals surface area contributed by atoms with Crippen LogP contribution in [0.15, 0.2) is 48.9 Å². The minimum absolute atomic E-state index is 0.316. The maximum Gasteiger partial charge on any atom is 0.262 e. The number of carbonyl (C=O) groups is 2. The number of amides is 2. The zero-order valence-electron chi connectivity index (χ0n) is 19.9. The average Bonchev–Trinajstić information content (AvgIpc) is 3.47. The number of hydrogen-bond donors (Lipinski definition) is 0. The molecule has 1 aromatic carbocycles. The molecule has 0 spiro atoms. The van der Waals surface area contributed by atoms with Crippen LogP contribution in [0.1, 0.15) is 62.7 Å². The predicted molar refractivity (Wildman–Crippen MR) is 130 cm³/mol. The highest BCUT2D eigenvalue weighted by Crippen LogP contribution is 2.34. The summed E-state index contributed by atoms with van der Waals surface area (Å²) in [4.78, 5) is 41.6. The van der Waals surface area contributed by atoms with Crippen molar-refractivity contribution in [2.45, 2.75) is 40.2 Å². The topological polar surface area (TPSA) is 98.3 Å². The van der Waals surface area contributed by atoms with Crippen molar-refractivity contribution in [2.24, 2.45) is 0 Å². The molecule has 1 aliphatic heterocycles. The van der Waals surface area contributed by atoms with Gasteiger partial charge in [-0.25, -0.2) is 19.5 Å². The summed E-state index contributed by atoms with van der Waals surface area (Å²) in [7, 11) is 0. The van der Waals surface area contributed by atoms with E-state index < -0.39 is 6.04 Å². The molecule has 0 bridgehead atoms. The lowest BCUT2D eigenvalue weighted by atomic mass is 10.1. The van der Waals surface area contributed by atoms with Gasteiger partial charge in [0.15, 0.2) is 17.1 Å². The lowest BCUT2D eigenvalue weighted by Crippen LogP contribution is -2.34. The second-order valence-electron chi connectivity index (χ2n) is 8.87. The first-order chi connectivity index (χ1) is 16.9. The summed E-state index contributed by atoms with van der Waals surface area (Å²) in [6.45, 7) is 8.01. The highest BCUT2D eigenvalue weighted by atomic mass is 16.2. The highest BCUT2D eigenvalue weighted by Gasteiger charge is 2.41. The number of pyridine rings is 1. The summed E-state index contributed by atoms with van der Waals surface area (Å²) in [5.41, 5.74) is 5.33. The van der Waals surface area contributed by atoms with E-state index in [0.717, 1.165) is 33.7 Å². The third-order valence-electron chi connectivity index (χ3n) is 6.80. The number of fused-ring (bicyclic) bond motifs is 4. The van der Waals surface area contributed by atoms with Crippen molar-refractivity contribution in [3.63, 3.8) is 0 Å². The van der Waals surface area contributed by atoms with E-state index in [1.54, 1.807) is 41.3 Å².